The Kier molecular flexibility index (Phi) is 4.04. The molecule has 0 spiro atoms. The van der Waals surface area contributed by atoms with Crippen LogP contribution in [0.1, 0.15) is 16.3 Å². The quantitative estimate of drug-likeness (QED) is 0.943. The third kappa shape index (κ3) is 3.37. The molecule has 0 atom stereocenters. The van der Waals surface area contributed by atoms with Crippen LogP contribution in [0.25, 0.3) is 0 Å². The molecule has 0 aromatic carbocycles. The molecule has 2 heterocycles. The minimum Gasteiger partial charge on any atom is -0.306 e. The first kappa shape index (κ1) is 11.7. The fourth-order valence-corrected chi connectivity index (χ4v) is 2.72. The lowest BCUT2D eigenvalue weighted by atomic mass is 10.4. The largest absolute Gasteiger partial charge is 0.306 e. The number of rotatable bonds is 4. The van der Waals surface area contributed by atoms with Gasteiger partial charge in [-0.2, -0.15) is 0 Å². The van der Waals surface area contributed by atoms with Gasteiger partial charge in [0.15, 0.2) is 0 Å². The molecule has 1 N–H and O–H groups in total. The second-order valence-electron chi connectivity index (χ2n) is 3.46. The molecule has 0 bridgehead atoms. The second-order valence-corrected chi connectivity index (χ2v) is 6.01. The number of halogens is 1. The summed E-state index contributed by atoms with van der Waals surface area (Å²) in [4.78, 5) is 9.80. The fourth-order valence-electron chi connectivity index (χ4n) is 1.27. The number of aryl methyl sites for hydroxylation is 1. The van der Waals surface area contributed by atoms with Crippen LogP contribution in [0.2, 0.25) is 0 Å². The normalized spacial score (nSPS) is 10.6. The zero-order valence-corrected chi connectivity index (χ0v) is 11.3. The van der Waals surface area contributed by atoms with Crippen LogP contribution in [-0.4, -0.2) is 9.97 Å². The molecule has 0 saturated carbocycles. The lowest BCUT2D eigenvalue weighted by molar-refractivity contribution is 0.682. The molecular formula is C11H12BrN3S. The highest BCUT2D eigenvalue weighted by atomic mass is 79.9. The van der Waals surface area contributed by atoms with E-state index in [1.807, 2.05) is 13.1 Å². The van der Waals surface area contributed by atoms with Crippen molar-refractivity contribution in [3.05, 3.63) is 44.6 Å². The summed E-state index contributed by atoms with van der Waals surface area (Å²) in [6.45, 7) is 3.56. The molecule has 5 heteroatoms. The minimum absolute atomic E-state index is 0.753. The first-order valence-corrected chi connectivity index (χ1v) is 6.57. The van der Waals surface area contributed by atoms with Gasteiger partial charge < -0.3 is 5.32 Å². The Morgan fingerprint density at radius 2 is 2.12 bits per heavy atom. The summed E-state index contributed by atoms with van der Waals surface area (Å²) >= 11 is 5.19. The lowest BCUT2D eigenvalue weighted by Gasteiger charge is -2.02. The van der Waals surface area contributed by atoms with Gasteiger partial charge in [0.25, 0.3) is 0 Å². The SMILES string of the molecule is Cc1cnc(CNCc2ccc(Br)s2)cn1. The molecule has 0 unspecified atom stereocenters. The van der Waals surface area contributed by atoms with Crippen molar-refractivity contribution in [3.63, 3.8) is 0 Å². The maximum Gasteiger partial charge on any atom is 0.0724 e. The summed E-state index contributed by atoms with van der Waals surface area (Å²) in [5.74, 6) is 0. The van der Waals surface area contributed by atoms with Gasteiger partial charge in [-0.15, -0.1) is 11.3 Å². The highest BCUT2D eigenvalue weighted by molar-refractivity contribution is 9.11. The Balaban J connectivity index is 1.82. The minimum atomic E-state index is 0.753. The topological polar surface area (TPSA) is 37.8 Å². The van der Waals surface area contributed by atoms with Crippen molar-refractivity contribution < 1.29 is 0 Å². The Hall–Kier alpha value is -0.780. The summed E-state index contributed by atoms with van der Waals surface area (Å²) in [5.41, 5.74) is 1.92. The van der Waals surface area contributed by atoms with Crippen LogP contribution in [0.15, 0.2) is 28.3 Å². The highest BCUT2D eigenvalue weighted by Gasteiger charge is 1.98. The molecule has 0 radical (unpaired) electrons. The number of thiophene rings is 1. The molecule has 2 aromatic heterocycles. The number of nitrogens with zero attached hydrogens (tertiary/aromatic N) is 2. The molecule has 3 nitrogen and oxygen atoms in total. The lowest BCUT2D eigenvalue weighted by Crippen LogP contribution is -2.13. The van der Waals surface area contributed by atoms with E-state index in [1.54, 1.807) is 17.5 Å². The highest BCUT2D eigenvalue weighted by Crippen LogP contribution is 2.21. The predicted octanol–water partition coefficient (Wildman–Crippen LogP) is 2.90. The average Bonchev–Trinajstić information content (AvgIpc) is 2.67. The molecule has 0 aliphatic carbocycles. The van der Waals surface area contributed by atoms with Crippen LogP contribution in [0.3, 0.4) is 0 Å². The van der Waals surface area contributed by atoms with Crippen LogP contribution in [0.4, 0.5) is 0 Å². The summed E-state index contributed by atoms with van der Waals surface area (Å²) < 4.78 is 1.17. The summed E-state index contributed by atoms with van der Waals surface area (Å²) in [6.07, 6.45) is 3.60. The molecule has 2 rings (SSSR count). The van der Waals surface area contributed by atoms with Crippen molar-refractivity contribution in [2.45, 2.75) is 20.0 Å². The first-order valence-electron chi connectivity index (χ1n) is 4.96. The summed E-state index contributed by atoms with van der Waals surface area (Å²) in [5, 5.41) is 3.34. The Morgan fingerprint density at radius 1 is 1.25 bits per heavy atom. The van der Waals surface area contributed by atoms with Crippen molar-refractivity contribution in [2.75, 3.05) is 0 Å². The molecule has 0 saturated heterocycles. The molecule has 16 heavy (non-hydrogen) atoms. The van der Waals surface area contributed by atoms with E-state index in [0.717, 1.165) is 24.5 Å². The van der Waals surface area contributed by atoms with E-state index < -0.39 is 0 Å². The van der Waals surface area contributed by atoms with Crippen molar-refractivity contribution in [1.82, 2.24) is 15.3 Å². The Bertz CT molecular complexity index is 453. The monoisotopic (exact) mass is 297 g/mol. The molecule has 2 aromatic rings. The zero-order chi connectivity index (χ0) is 11.4. The number of hydrogen-bond acceptors (Lipinski definition) is 4. The molecule has 0 aliphatic heterocycles. The van der Waals surface area contributed by atoms with E-state index >= 15 is 0 Å². The van der Waals surface area contributed by atoms with Crippen LogP contribution in [0.5, 0.6) is 0 Å². The van der Waals surface area contributed by atoms with Crippen LogP contribution >= 0.6 is 27.3 Å². The van der Waals surface area contributed by atoms with Gasteiger partial charge in [0.05, 0.1) is 15.2 Å². The van der Waals surface area contributed by atoms with Gasteiger partial charge in [-0.25, -0.2) is 0 Å². The van der Waals surface area contributed by atoms with E-state index in [1.165, 1.54) is 8.66 Å². The molecule has 0 aliphatic rings. The molecular weight excluding hydrogens is 286 g/mol. The standard InChI is InChI=1S/C11H12BrN3S/c1-8-4-15-9(6-14-8)5-13-7-10-2-3-11(12)16-10/h2-4,6,13H,5,7H2,1H3. The maximum absolute atomic E-state index is 4.28. The Labute approximate surface area is 107 Å². The number of nitrogens with one attached hydrogen (secondary N) is 1. The van der Waals surface area contributed by atoms with E-state index in [0.29, 0.717) is 0 Å². The smallest absolute Gasteiger partial charge is 0.0724 e. The van der Waals surface area contributed by atoms with E-state index in [9.17, 15) is 0 Å². The third-order valence-corrected chi connectivity index (χ3v) is 3.69. The van der Waals surface area contributed by atoms with Gasteiger partial charge in [0.2, 0.25) is 0 Å². The summed E-state index contributed by atoms with van der Waals surface area (Å²) in [6, 6.07) is 4.18. The van der Waals surface area contributed by atoms with Gasteiger partial charge in [-0.05, 0) is 35.0 Å². The van der Waals surface area contributed by atoms with Gasteiger partial charge in [-0.1, -0.05) is 0 Å². The van der Waals surface area contributed by atoms with E-state index in [2.05, 4.69) is 43.3 Å². The van der Waals surface area contributed by atoms with E-state index in [-0.39, 0.29) is 0 Å². The van der Waals surface area contributed by atoms with Crippen LogP contribution in [-0.2, 0) is 13.1 Å². The maximum atomic E-state index is 4.28. The Morgan fingerprint density at radius 3 is 2.75 bits per heavy atom. The molecule has 84 valence electrons. The van der Waals surface area contributed by atoms with Gasteiger partial charge >= 0.3 is 0 Å². The van der Waals surface area contributed by atoms with E-state index in [4.69, 9.17) is 0 Å². The summed E-state index contributed by atoms with van der Waals surface area (Å²) in [7, 11) is 0. The van der Waals surface area contributed by atoms with Crippen molar-refractivity contribution in [2.24, 2.45) is 0 Å². The predicted molar refractivity (Wildman–Crippen MR) is 69.3 cm³/mol. The average molecular weight is 298 g/mol. The van der Waals surface area contributed by atoms with Crippen LogP contribution < -0.4 is 5.32 Å². The van der Waals surface area contributed by atoms with Crippen molar-refractivity contribution in [1.29, 1.82) is 0 Å². The van der Waals surface area contributed by atoms with Gasteiger partial charge in [0.1, 0.15) is 0 Å². The molecule has 0 amide bonds. The second kappa shape index (κ2) is 5.52. The van der Waals surface area contributed by atoms with Gasteiger partial charge in [0, 0.05) is 30.4 Å². The first-order chi connectivity index (χ1) is 7.74. The van der Waals surface area contributed by atoms with Crippen LogP contribution in [0, 0.1) is 6.92 Å². The number of hydrogen-bond donors (Lipinski definition) is 1. The van der Waals surface area contributed by atoms with Gasteiger partial charge in [-0.3, -0.25) is 9.97 Å². The number of aromatic nitrogens is 2. The van der Waals surface area contributed by atoms with Crippen molar-refractivity contribution in [3.8, 4) is 0 Å². The zero-order valence-electron chi connectivity index (χ0n) is 8.90. The third-order valence-electron chi connectivity index (χ3n) is 2.07. The van der Waals surface area contributed by atoms with Crippen molar-refractivity contribution >= 4 is 27.3 Å². The fraction of sp³-hybridized carbons (Fsp3) is 0.273. The molecule has 0 fully saturated rings.